The van der Waals surface area contributed by atoms with Crippen molar-refractivity contribution in [3.05, 3.63) is 12.2 Å². The second-order valence-electron chi connectivity index (χ2n) is 6.29. The number of fused-ring (bicyclic) bond motifs is 2. The van der Waals surface area contributed by atoms with E-state index < -0.39 is 11.2 Å². The fourth-order valence-electron chi connectivity index (χ4n) is 3.78. The Labute approximate surface area is 121 Å². The van der Waals surface area contributed by atoms with E-state index >= 15 is 0 Å². The van der Waals surface area contributed by atoms with Crippen molar-refractivity contribution in [2.45, 2.75) is 70.2 Å². The van der Waals surface area contributed by atoms with Crippen LogP contribution in [0.5, 0.6) is 0 Å². The van der Waals surface area contributed by atoms with Gasteiger partial charge in [-0.2, -0.15) is 0 Å². The molecule has 0 aromatic rings. The van der Waals surface area contributed by atoms with Gasteiger partial charge in [0, 0.05) is 11.5 Å². The summed E-state index contributed by atoms with van der Waals surface area (Å²) in [6, 6.07) is 0. The standard InChI is InChI=1S/C16H26O4/c1-5-16(6-2,20-14(18)11(3)4)12-9-15(10-17)8-7-13(12)19-15/h12-13,17H,3,5-10H2,1-2,4H3. The van der Waals surface area contributed by atoms with Crippen LogP contribution < -0.4 is 0 Å². The van der Waals surface area contributed by atoms with Crippen LogP contribution in [0.2, 0.25) is 0 Å². The number of carbonyl (C=O) groups is 1. The van der Waals surface area contributed by atoms with Crippen LogP contribution in [0.25, 0.3) is 0 Å². The minimum absolute atomic E-state index is 0.0535. The van der Waals surface area contributed by atoms with Gasteiger partial charge in [-0.1, -0.05) is 20.4 Å². The summed E-state index contributed by atoms with van der Waals surface area (Å²) in [6.45, 7) is 9.49. The lowest BCUT2D eigenvalue weighted by Gasteiger charge is -2.40. The van der Waals surface area contributed by atoms with Crippen molar-refractivity contribution < 1.29 is 19.4 Å². The monoisotopic (exact) mass is 282 g/mol. The molecule has 2 heterocycles. The van der Waals surface area contributed by atoms with Gasteiger partial charge in [-0.25, -0.2) is 4.79 Å². The highest BCUT2D eigenvalue weighted by Gasteiger charge is 2.58. The summed E-state index contributed by atoms with van der Waals surface area (Å²) in [5.74, 6) is -0.156. The van der Waals surface area contributed by atoms with E-state index in [1.54, 1.807) is 6.92 Å². The predicted molar refractivity (Wildman–Crippen MR) is 76.2 cm³/mol. The van der Waals surface area contributed by atoms with E-state index in [1.807, 2.05) is 13.8 Å². The molecule has 20 heavy (non-hydrogen) atoms. The minimum atomic E-state index is -0.502. The Kier molecular flexibility index (Phi) is 4.26. The van der Waals surface area contributed by atoms with E-state index in [2.05, 4.69) is 6.58 Å². The lowest BCUT2D eigenvalue weighted by Crippen LogP contribution is -2.47. The summed E-state index contributed by atoms with van der Waals surface area (Å²) in [7, 11) is 0. The predicted octanol–water partition coefficient (Wildman–Crippen LogP) is 2.59. The highest BCUT2D eigenvalue weighted by Crippen LogP contribution is 2.53. The average Bonchev–Trinajstić information content (AvgIpc) is 3.03. The van der Waals surface area contributed by atoms with Crippen molar-refractivity contribution in [2.75, 3.05) is 6.61 Å². The first-order valence-electron chi connectivity index (χ1n) is 7.59. The molecule has 2 bridgehead atoms. The molecule has 0 aromatic heterocycles. The highest BCUT2D eigenvalue weighted by molar-refractivity contribution is 5.87. The molecule has 1 N–H and O–H groups in total. The highest BCUT2D eigenvalue weighted by atomic mass is 16.6. The number of aliphatic hydroxyl groups is 1. The summed E-state index contributed by atoms with van der Waals surface area (Å²) in [6.07, 6.45) is 4.24. The summed E-state index contributed by atoms with van der Waals surface area (Å²) < 4.78 is 11.8. The van der Waals surface area contributed by atoms with E-state index in [9.17, 15) is 9.90 Å². The molecule has 0 aliphatic carbocycles. The molecule has 2 rings (SSSR count). The summed E-state index contributed by atoms with van der Waals surface area (Å²) in [4.78, 5) is 12.0. The van der Waals surface area contributed by atoms with Crippen molar-refractivity contribution in [3.63, 3.8) is 0 Å². The normalized spacial score (nSPS) is 32.4. The maximum atomic E-state index is 12.0. The Balaban J connectivity index is 2.21. The fraction of sp³-hybridized carbons (Fsp3) is 0.812. The lowest BCUT2D eigenvalue weighted by molar-refractivity contribution is -0.165. The maximum Gasteiger partial charge on any atom is 0.333 e. The molecule has 3 atom stereocenters. The third kappa shape index (κ3) is 2.40. The van der Waals surface area contributed by atoms with Crippen LogP contribution in [0.1, 0.15) is 52.9 Å². The molecule has 0 amide bonds. The second-order valence-corrected chi connectivity index (χ2v) is 6.29. The average molecular weight is 282 g/mol. The van der Waals surface area contributed by atoms with Gasteiger partial charge < -0.3 is 14.6 Å². The number of aliphatic hydroxyl groups excluding tert-OH is 1. The van der Waals surface area contributed by atoms with E-state index in [-0.39, 0.29) is 24.6 Å². The Morgan fingerprint density at radius 2 is 2.15 bits per heavy atom. The molecule has 3 unspecified atom stereocenters. The number of esters is 1. The third-order valence-electron chi connectivity index (χ3n) is 5.13. The SMILES string of the molecule is C=C(C)C(=O)OC(CC)(CC)C1CC2(CO)CCC1O2. The van der Waals surface area contributed by atoms with Crippen molar-refractivity contribution in [1.82, 2.24) is 0 Å². The first kappa shape index (κ1) is 15.5. The Morgan fingerprint density at radius 3 is 2.60 bits per heavy atom. The van der Waals surface area contributed by atoms with Gasteiger partial charge in [0.1, 0.15) is 5.60 Å². The summed E-state index contributed by atoms with van der Waals surface area (Å²) >= 11 is 0. The topological polar surface area (TPSA) is 55.8 Å². The van der Waals surface area contributed by atoms with Gasteiger partial charge in [-0.3, -0.25) is 0 Å². The van der Waals surface area contributed by atoms with E-state index in [1.165, 1.54) is 0 Å². The largest absolute Gasteiger partial charge is 0.455 e. The minimum Gasteiger partial charge on any atom is -0.455 e. The van der Waals surface area contributed by atoms with Crippen LogP contribution in [0.4, 0.5) is 0 Å². The van der Waals surface area contributed by atoms with E-state index in [0.717, 1.165) is 32.1 Å². The molecule has 0 saturated carbocycles. The molecule has 2 fully saturated rings. The zero-order valence-corrected chi connectivity index (χ0v) is 12.8. The van der Waals surface area contributed by atoms with Gasteiger partial charge >= 0.3 is 5.97 Å². The van der Waals surface area contributed by atoms with Gasteiger partial charge in [0.15, 0.2) is 0 Å². The molecule has 114 valence electrons. The molecule has 4 heteroatoms. The van der Waals surface area contributed by atoms with Crippen LogP contribution in [0, 0.1) is 5.92 Å². The number of carbonyl (C=O) groups excluding carboxylic acids is 1. The Bertz CT molecular complexity index is 399. The van der Waals surface area contributed by atoms with E-state index in [0.29, 0.717) is 5.57 Å². The van der Waals surface area contributed by atoms with Gasteiger partial charge in [0.25, 0.3) is 0 Å². The van der Waals surface area contributed by atoms with Crippen molar-refractivity contribution in [3.8, 4) is 0 Å². The first-order valence-corrected chi connectivity index (χ1v) is 7.59. The molecule has 2 aliphatic heterocycles. The second kappa shape index (κ2) is 5.49. The van der Waals surface area contributed by atoms with Crippen molar-refractivity contribution >= 4 is 5.97 Å². The molecular weight excluding hydrogens is 256 g/mol. The number of hydrogen-bond donors (Lipinski definition) is 1. The molecule has 0 aromatic carbocycles. The fourth-order valence-corrected chi connectivity index (χ4v) is 3.78. The maximum absolute atomic E-state index is 12.0. The third-order valence-corrected chi connectivity index (χ3v) is 5.13. The van der Waals surface area contributed by atoms with Crippen LogP contribution in [0.3, 0.4) is 0 Å². The Hall–Kier alpha value is -0.870. The van der Waals surface area contributed by atoms with Crippen molar-refractivity contribution in [2.24, 2.45) is 5.92 Å². The quantitative estimate of drug-likeness (QED) is 0.601. The van der Waals surface area contributed by atoms with Gasteiger partial charge in [-0.15, -0.1) is 0 Å². The van der Waals surface area contributed by atoms with E-state index in [4.69, 9.17) is 9.47 Å². The van der Waals surface area contributed by atoms with Gasteiger partial charge in [0.05, 0.1) is 18.3 Å². The Morgan fingerprint density at radius 1 is 1.50 bits per heavy atom. The lowest BCUT2D eigenvalue weighted by atomic mass is 9.70. The van der Waals surface area contributed by atoms with Crippen molar-refractivity contribution in [1.29, 1.82) is 0 Å². The smallest absolute Gasteiger partial charge is 0.333 e. The summed E-state index contributed by atoms with van der Waals surface area (Å²) in [5, 5.41) is 9.60. The first-order chi connectivity index (χ1) is 9.42. The molecular formula is C16H26O4. The summed E-state index contributed by atoms with van der Waals surface area (Å²) in [5.41, 5.74) is -0.476. The number of hydrogen-bond acceptors (Lipinski definition) is 4. The molecule has 0 radical (unpaired) electrons. The molecule has 2 saturated heterocycles. The van der Waals surface area contributed by atoms with Crippen LogP contribution >= 0.6 is 0 Å². The van der Waals surface area contributed by atoms with Crippen LogP contribution in [-0.4, -0.2) is 35.0 Å². The molecule has 4 nitrogen and oxygen atoms in total. The van der Waals surface area contributed by atoms with Crippen LogP contribution in [-0.2, 0) is 14.3 Å². The zero-order chi connectivity index (χ0) is 15.0. The number of rotatable bonds is 6. The molecule has 0 spiro atoms. The van der Waals surface area contributed by atoms with Gasteiger partial charge in [0.2, 0.25) is 0 Å². The number of ether oxygens (including phenoxy) is 2. The zero-order valence-electron chi connectivity index (χ0n) is 12.8. The van der Waals surface area contributed by atoms with Gasteiger partial charge in [-0.05, 0) is 39.0 Å². The van der Waals surface area contributed by atoms with Crippen LogP contribution in [0.15, 0.2) is 12.2 Å². The molecule has 2 aliphatic rings.